The molecule has 0 bridgehead atoms. The summed E-state index contributed by atoms with van der Waals surface area (Å²) in [5.41, 5.74) is 2.83. The number of nitrogens with zero attached hydrogens (tertiary/aromatic N) is 2. The van der Waals surface area contributed by atoms with E-state index in [1.807, 2.05) is 29.2 Å². The van der Waals surface area contributed by atoms with Crippen LogP contribution in [0.5, 0.6) is 0 Å². The Kier molecular flexibility index (Phi) is 5.83. The molecule has 1 fully saturated rings. The summed E-state index contributed by atoms with van der Waals surface area (Å²) in [6.07, 6.45) is 1.79. The van der Waals surface area contributed by atoms with Crippen LogP contribution in [-0.2, 0) is 22.5 Å². The minimum Gasteiger partial charge on any atom is -0.459 e. The van der Waals surface area contributed by atoms with Crippen LogP contribution in [0.4, 0.5) is 15.8 Å². The van der Waals surface area contributed by atoms with Gasteiger partial charge in [-0.2, -0.15) is 0 Å². The smallest absolute Gasteiger partial charge is 0.290 e. The molecule has 1 aromatic heterocycles. The molecule has 5 rings (SSSR count). The van der Waals surface area contributed by atoms with E-state index in [9.17, 15) is 14.0 Å². The van der Waals surface area contributed by atoms with Gasteiger partial charge in [-0.15, -0.1) is 0 Å². The summed E-state index contributed by atoms with van der Waals surface area (Å²) in [7, 11) is 0. The van der Waals surface area contributed by atoms with E-state index in [4.69, 9.17) is 9.15 Å². The Morgan fingerprint density at radius 3 is 2.52 bits per heavy atom. The van der Waals surface area contributed by atoms with Crippen molar-refractivity contribution in [1.29, 1.82) is 0 Å². The largest absolute Gasteiger partial charge is 0.459 e. The van der Waals surface area contributed by atoms with E-state index in [2.05, 4.69) is 5.32 Å². The van der Waals surface area contributed by atoms with E-state index < -0.39 is 11.9 Å². The van der Waals surface area contributed by atoms with Gasteiger partial charge in [0.2, 0.25) is 5.91 Å². The van der Waals surface area contributed by atoms with Gasteiger partial charge in [-0.25, -0.2) is 4.39 Å². The van der Waals surface area contributed by atoms with Gasteiger partial charge in [0, 0.05) is 31.7 Å². The molecule has 0 saturated carbocycles. The van der Waals surface area contributed by atoms with E-state index >= 15 is 0 Å². The van der Waals surface area contributed by atoms with Crippen LogP contribution in [-0.4, -0.2) is 49.1 Å². The maximum Gasteiger partial charge on any atom is 0.290 e. The molecule has 0 radical (unpaired) electrons. The highest BCUT2D eigenvalue weighted by Crippen LogP contribution is 2.28. The summed E-state index contributed by atoms with van der Waals surface area (Å²) in [5, 5.41) is 2.80. The summed E-state index contributed by atoms with van der Waals surface area (Å²) >= 11 is 0. The van der Waals surface area contributed by atoms with Crippen LogP contribution in [0.25, 0.3) is 0 Å². The van der Waals surface area contributed by atoms with Gasteiger partial charge in [0.05, 0.1) is 25.2 Å². The molecule has 0 aliphatic carbocycles. The first-order chi connectivity index (χ1) is 16.1. The van der Waals surface area contributed by atoms with Crippen molar-refractivity contribution in [1.82, 2.24) is 4.90 Å². The van der Waals surface area contributed by atoms with Gasteiger partial charge in [-0.05, 0) is 41.5 Å². The predicted octanol–water partition coefficient (Wildman–Crippen LogP) is 3.46. The highest BCUT2D eigenvalue weighted by molar-refractivity contribution is 6.00. The second kappa shape index (κ2) is 9.07. The third-order valence-electron chi connectivity index (χ3n) is 6.11. The van der Waals surface area contributed by atoms with Crippen LogP contribution >= 0.6 is 0 Å². The Balaban J connectivity index is 1.37. The monoisotopic (exact) mass is 449 g/mol. The number of nitrogens with one attached hydrogen (secondary N) is 1. The summed E-state index contributed by atoms with van der Waals surface area (Å²) in [6, 6.07) is 14.9. The Morgan fingerprint density at radius 1 is 1.00 bits per heavy atom. The number of anilines is 2. The van der Waals surface area contributed by atoms with Crippen LogP contribution in [0.1, 0.15) is 21.7 Å². The average molecular weight is 449 g/mol. The molecule has 7 nitrogen and oxygen atoms in total. The zero-order valence-corrected chi connectivity index (χ0v) is 18.0. The van der Waals surface area contributed by atoms with Gasteiger partial charge in [0.15, 0.2) is 5.76 Å². The first-order valence-electron chi connectivity index (χ1n) is 10.9. The molecule has 1 atom stereocenters. The number of carbonyl (C=O) groups is 2. The maximum atomic E-state index is 14.8. The number of amides is 2. The Bertz CT molecular complexity index is 1160. The molecule has 1 unspecified atom stereocenters. The number of carbonyl (C=O) groups excluding carboxylic acids is 2. The van der Waals surface area contributed by atoms with Crippen LogP contribution in [0.15, 0.2) is 65.3 Å². The van der Waals surface area contributed by atoms with E-state index in [0.717, 1.165) is 11.1 Å². The van der Waals surface area contributed by atoms with Gasteiger partial charge in [-0.1, -0.05) is 24.3 Å². The quantitative estimate of drug-likeness (QED) is 0.660. The molecular weight excluding hydrogens is 425 g/mol. The minimum absolute atomic E-state index is 0.174. The summed E-state index contributed by atoms with van der Waals surface area (Å²) < 4.78 is 25.4. The van der Waals surface area contributed by atoms with E-state index in [-0.39, 0.29) is 24.1 Å². The normalized spacial score (nSPS) is 18.0. The fourth-order valence-corrected chi connectivity index (χ4v) is 4.38. The highest BCUT2D eigenvalue weighted by atomic mass is 19.1. The first-order valence-corrected chi connectivity index (χ1v) is 10.9. The standard InChI is InChI=1S/C25H24FN3O4/c26-20-15-19(7-8-21(20)28-9-12-32-13-10-28)27-24(30)22-14-17-4-1-2-5-18(17)16-29(22)25(31)23-6-3-11-33-23/h1-8,11,15,22H,9-10,12-14,16H2,(H,27,30). The Labute approximate surface area is 190 Å². The topological polar surface area (TPSA) is 75.0 Å². The predicted molar refractivity (Wildman–Crippen MR) is 121 cm³/mol. The molecule has 0 spiro atoms. The van der Waals surface area contributed by atoms with E-state index in [0.29, 0.717) is 44.1 Å². The number of furan rings is 1. The molecule has 170 valence electrons. The van der Waals surface area contributed by atoms with Gasteiger partial charge in [0.1, 0.15) is 11.9 Å². The van der Waals surface area contributed by atoms with Gasteiger partial charge >= 0.3 is 0 Å². The number of ether oxygens (including phenoxy) is 1. The van der Waals surface area contributed by atoms with Crippen molar-refractivity contribution < 1.29 is 23.1 Å². The van der Waals surface area contributed by atoms with Crippen LogP contribution in [0.2, 0.25) is 0 Å². The lowest BCUT2D eigenvalue weighted by Crippen LogP contribution is -2.50. The fourth-order valence-electron chi connectivity index (χ4n) is 4.38. The number of fused-ring (bicyclic) bond motifs is 1. The van der Waals surface area contributed by atoms with Crippen LogP contribution in [0.3, 0.4) is 0 Å². The lowest BCUT2D eigenvalue weighted by atomic mass is 9.93. The third-order valence-corrected chi connectivity index (χ3v) is 6.11. The molecule has 1 saturated heterocycles. The zero-order valence-electron chi connectivity index (χ0n) is 18.0. The van der Waals surface area contributed by atoms with E-state index in [1.54, 1.807) is 24.3 Å². The lowest BCUT2D eigenvalue weighted by molar-refractivity contribution is -0.121. The summed E-state index contributed by atoms with van der Waals surface area (Å²) in [5.74, 6) is -0.966. The summed E-state index contributed by atoms with van der Waals surface area (Å²) in [4.78, 5) is 29.8. The molecule has 33 heavy (non-hydrogen) atoms. The molecule has 8 heteroatoms. The van der Waals surface area contributed by atoms with Crippen molar-refractivity contribution in [2.45, 2.75) is 19.0 Å². The Morgan fingerprint density at radius 2 is 1.79 bits per heavy atom. The second-order valence-electron chi connectivity index (χ2n) is 8.15. The number of benzene rings is 2. The molecule has 2 aliphatic rings. The molecule has 3 aromatic rings. The molecular formula is C25H24FN3O4. The number of morpholine rings is 1. The van der Waals surface area contributed by atoms with E-state index in [1.165, 1.54) is 17.2 Å². The number of hydrogen-bond donors (Lipinski definition) is 1. The second-order valence-corrected chi connectivity index (χ2v) is 8.15. The van der Waals surface area contributed by atoms with Crippen LogP contribution in [0, 0.1) is 5.82 Å². The van der Waals surface area contributed by atoms with Gasteiger partial charge < -0.3 is 24.3 Å². The Hall–Kier alpha value is -3.65. The average Bonchev–Trinajstić information content (AvgIpc) is 3.38. The van der Waals surface area contributed by atoms with Crippen molar-refractivity contribution in [2.24, 2.45) is 0 Å². The van der Waals surface area contributed by atoms with Crippen molar-refractivity contribution >= 4 is 23.2 Å². The van der Waals surface area contributed by atoms with Crippen LogP contribution < -0.4 is 10.2 Å². The van der Waals surface area contributed by atoms with Gasteiger partial charge in [0.25, 0.3) is 5.91 Å². The van der Waals surface area contributed by atoms with Crippen molar-refractivity contribution in [3.05, 3.63) is 83.6 Å². The molecule has 3 heterocycles. The molecule has 1 N–H and O–H groups in total. The van der Waals surface area contributed by atoms with Gasteiger partial charge in [-0.3, -0.25) is 9.59 Å². The number of hydrogen-bond acceptors (Lipinski definition) is 5. The fraction of sp³-hybridized carbons (Fsp3) is 0.280. The van der Waals surface area contributed by atoms with Crippen molar-refractivity contribution in [3.63, 3.8) is 0 Å². The molecule has 2 aliphatic heterocycles. The molecule has 2 aromatic carbocycles. The zero-order chi connectivity index (χ0) is 22.8. The van der Waals surface area contributed by atoms with Crippen molar-refractivity contribution in [3.8, 4) is 0 Å². The van der Waals surface area contributed by atoms with Crippen molar-refractivity contribution in [2.75, 3.05) is 36.5 Å². The third kappa shape index (κ3) is 4.34. The SMILES string of the molecule is O=C(Nc1ccc(N2CCOCC2)c(F)c1)C1Cc2ccccc2CN1C(=O)c1ccco1. The first kappa shape index (κ1) is 21.2. The summed E-state index contributed by atoms with van der Waals surface area (Å²) in [6.45, 7) is 2.64. The number of halogens is 1. The molecule has 2 amide bonds. The number of rotatable bonds is 4. The highest BCUT2D eigenvalue weighted by Gasteiger charge is 2.36. The lowest BCUT2D eigenvalue weighted by Gasteiger charge is -2.35. The minimum atomic E-state index is -0.750. The maximum absolute atomic E-state index is 14.8.